The van der Waals surface area contributed by atoms with Crippen LogP contribution in [0.1, 0.15) is 30.6 Å². The maximum absolute atomic E-state index is 13.0. The van der Waals surface area contributed by atoms with E-state index < -0.39 is 6.10 Å². The molecule has 172 valence electrons. The Hall–Kier alpha value is -2.65. The molecule has 0 bridgehead atoms. The highest BCUT2D eigenvalue weighted by atomic mass is 35.5. The Morgan fingerprint density at radius 2 is 2.16 bits per heavy atom. The molecule has 0 saturated carbocycles. The molecule has 2 atom stereocenters. The minimum Gasteiger partial charge on any atom is -0.481 e. The minimum absolute atomic E-state index is 0.0197. The lowest BCUT2D eigenvalue weighted by Gasteiger charge is -2.25. The summed E-state index contributed by atoms with van der Waals surface area (Å²) in [6.07, 6.45) is 0.720. The van der Waals surface area contributed by atoms with E-state index in [0.717, 1.165) is 17.8 Å². The van der Waals surface area contributed by atoms with Crippen LogP contribution in [0.5, 0.6) is 5.75 Å². The number of aryl methyl sites for hydroxylation is 1. The van der Waals surface area contributed by atoms with Gasteiger partial charge < -0.3 is 24.3 Å². The number of fused-ring (bicyclic) bond motifs is 1. The van der Waals surface area contributed by atoms with Crippen LogP contribution in [0.2, 0.25) is 5.02 Å². The molecule has 9 nitrogen and oxygen atoms in total. The van der Waals surface area contributed by atoms with E-state index in [1.54, 1.807) is 24.0 Å². The van der Waals surface area contributed by atoms with E-state index in [1.807, 2.05) is 17.6 Å². The fourth-order valence-electron chi connectivity index (χ4n) is 4.03. The largest absolute Gasteiger partial charge is 0.481 e. The maximum atomic E-state index is 13.0. The van der Waals surface area contributed by atoms with Crippen LogP contribution in [-0.2, 0) is 33.8 Å². The molecular weight excluding hydrogens is 434 g/mol. The second-order valence-corrected chi connectivity index (χ2v) is 8.64. The van der Waals surface area contributed by atoms with E-state index in [9.17, 15) is 9.59 Å². The number of carbonyl (C=O) groups is 2. The summed E-state index contributed by atoms with van der Waals surface area (Å²) in [5.41, 5.74) is 0.884. The number of nitrogens with zero attached hydrogens (tertiary/aromatic N) is 4. The Balaban J connectivity index is 1.34. The molecule has 0 radical (unpaired) electrons. The summed E-state index contributed by atoms with van der Waals surface area (Å²) in [4.78, 5) is 27.1. The summed E-state index contributed by atoms with van der Waals surface area (Å²) in [6, 6.07) is 5.34. The molecule has 3 heterocycles. The molecule has 1 fully saturated rings. The second-order valence-electron chi connectivity index (χ2n) is 8.21. The number of ether oxygens (including phenoxy) is 2. The smallest absolute Gasteiger partial charge is 0.263 e. The fourth-order valence-corrected chi connectivity index (χ4v) is 4.26. The first kappa shape index (κ1) is 22.5. The van der Waals surface area contributed by atoms with Crippen molar-refractivity contribution < 1.29 is 19.1 Å². The van der Waals surface area contributed by atoms with Gasteiger partial charge in [-0.1, -0.05) is 11.6 Å². The molecule has 1 N–H and O–H groups in total. The van der Waals surface area contributed by atoms with Crippen molar-refractivity contribution >= 4 is 23.4 Å². The Labute approximate surface area is 192 Å². The van der Waals surface area contributed by atoms with Gasteiger partial charge >= 0.3 is 0 Å². The third kappa shape index (κ3) is 5.05. The number of halogens is 1. The average molecular weight is 462 g/mol. The molecule has 1 aromatic carbocycles. The lowest BCUT2D eigenvalue weighted by molar-refractivity contribution is -0.138. The maximum Gasteiger partial charge on any atom is 0.263 e. The first-order valence-corrected chi connectivity index (χ1v) is 11.3. The van der Waals surface area contributed by atoms with Crippen LogP contribution in [0.4, 0.5) is 0 Å². The fraction of sp³-hybridized carbons (Fsp3) is 0.545. The van der Waals surface area contributed by atoms with Crippen LogP contribution in [-0.4, -0.2) is 63.9 Å². The highest BCUT2D eigenvalue weighted by Crippen LogP contribution is 2.23. The molecule has 10 heteroatoms. The topological polar surface area (TPSA) is 98.6 Å². The van der Waals surface area contributed by atoms with E-state index in [2.05, 4.69) is 15.5 Å². The molecule has 2 aliphatic heterocycles. The van der Waals surface area contributed by atoms with Crippen LogP contribution in [0.15, 0.2) is 18.2 Å². The van der Waals surface area contributed by atoms with Gasteiger partial charge in [0.25, 0.3) is 5.91 Å². The lowest BCUT2D eigenvalue weighted by atomic mass is 10.1. The number of carbonyl (C=O) groups excluding carboxylic acids is 2. The molecule has 2 aliphatic rings. The predicted molar refractivity (Wildman–Crippen MR) is 117 cm³/mol. The zero-order valence-corrected chi connectivity index (χ0v) is 19.1. The predicted octanol–water partition coefficient (Wildman–Crippen LogP) is 1.74. The molecule has 0 spiro atoms. The van der Waals surface area contributed by atoms with Crippen molar-refractivity contribution in [1.82, 2.24) is 25.0 Å². The van der Waals surface area contributed by atoms with Gasteiger partial charge in [-0.05, 0) is 44.0 Å². The Kier molecular flexibility index (Phi) is 6.95. The third-order valence-electron chi connectivity index (χ3n) is 5.92. The Bertz CT molecular complexity index is 989. The van der Waals surface area contributed by atoms with Gasteiger partial charge in [0.2, 0.25) is 5.91 Å². The Morgan fingerprint density at radius 1 is 1.31 bits per heavy atom. The summed E-state index contributed by atoms with van der Waals surface area (Å²) >= 11 is 6.00. The molecule has 2 aromatic rings. The van der Waals surface area contributed by atoms with E-state index in [-0.39, 0.29) is 17.7 Å². The van der Waals surface area contributed by atoms with E-state index >= 15 is 0 Å². The SMILES string of the molecule is Cc1cc(Cl)ccc1O[C@H](C)C(=O)N1CCc2nnc(CNC(=O)[C@@H]3CCOC3)n2CC1. The average Bonchev–Trinajstić information content (AvgIpc) is 3.40. The van der Waals surface area contributed by atoms with E-state index in [4.69, 9.17) is 21.1 Å². The van der Waals surface area contributed by atoms with Crippen molar-refractivity contribution in [2.24, 2.45) is 5.92 Å². The van der Waals surface area contributed by atoms with Crippen molar-refractivity contribution in [3.63, 3.8) is 0 Å². The molecular formula is C22H28ClN5O4. The monoisotopic (exact) mass is 461 g/mol. The van der Waals surface area contributed by atoms with Gasteiger partial charge in [0.15, 0.2) is 11.9 Å². The summed E-state index contributed by atoms with van der Waals surface area (Å²) in [5.74, 6) is 1.97. The van der Waals surface area contributed by atoms with Crippen molar-refractivity contribution in [3.8, 4) is 5.75 Å². The molecule has 4 rings (SSSR count). The van der Waals surface area contributed by atoms with Gasteiger partial charge in [-0.3, -0.25) is 9.59 Å². The molecule has 32 heavy (non-hydrogen) atoms. The highest BCUT2D eigenvalue weighted by Gasteiger charge is 2.27. The summed E-state index contributed by atoms with van der Waals surface area (Å²) in [5, 5.41) is 12.1. The standard InChI is InChI=1S/C22H28ClN5O4/c1-14-11-17(23)3-4-18(14)32-15(2)22(30)27-7-5-19-25-26-20(28(19)9-8-27)12-24-21(29)16-6-10-31-13-16/h3-4,11,15-16H,5-10,12-13H2,1-2H3,(H,24,29)/t15-,16-/m1/s1. The van der Waals surface area contributed by atoms with Gasteiger partial charge in [-0.25, -0.2) is 0 Å². The van der Waals surface area contributed by atoms with Crippen LogP contribution >= 0.6 is 11.6 Å². The van der Waals surface area contributed by atoms with Crippen molar-refractivity contribution in [1.29, 1.82) is 0 Å². The number of hydrogen-bond donors (Lipinski definition) is 1. The highest BCUT2D eigenvalue weighted by molar-refractivity contribution is 6.30. The van der Waals surface area contributed by atoms with Crippen LogP contribution < -0.4 is 10.1 Å². The van der Waals surface area contributed by atoms with E-state index in [1.165, 1.54) is 0 Å². The molecule has 1 saturated heterocycles. The van der Waals surface area contributed by atoms with Crippen molar-refractivity contribution in [2.45, 2.75) is 45.9 Å². The first-order valence-electron chi connectivity index (χ1n) is 10.9. The lowest BCUT2D eigenvalue weighted by Crippen LogP contribution is -2.42. The molecule has 0 unspecified atom stereocenters. The number of aromatic nitrogens is 3. The van der Waals surface area contributed by atoms with Gasteiger partial charge in [-0.2, -0.15) is 0 Å². The van der Waals surface area contributed by atoms with Gasteiger partial charge in [0, 0.05) is 37.7 Å². The normalized spacial score (nSPS) is 19.2. The summed E-state index contributed by atoms with van der Waals surface area (Å²) in [7, 11) is 0. The Morgan fingerprint density at radius 3 is 2.91 bits per heavy atom. The zero-order chi connectivity index (χ0) is 22.7. The third-order valence-corrected chi connectivity index (χ3v) is 6.16. The summed E-state index contributed by atoms with van der Waals surface area (Å²) in [6.45, 7) is 6.69. The van der Waals surface area contributed by atoms with Crippen LogP contribution in [0.25, 0.3) is 0 Å². The van der Waals surface area contributed by atoms with Gasteiger partial charge in [-0.15, -0.1) is 10.2 Å². The number of benzene rings is 1. The summed E-state index contributed by atoms with van der Waals surface area (Å²) < 4.78 is 13.2. The zero-order valence-electron chi connectivity index (χ0n) is 18.3. The van der Waals surface area contributed by atoms with Gasteiger partial charge in [0.1, 0.15) is 11.6 Å². The molecule has 2 amide bonds. The van der Waals surface area contributed by atoms with Crippen molar-refractivity contribution in [2.75, 3.05) is 26.3 Å². The van der Waals surface area contributed by atoms with Crippen LogP contribution in [0.3, 0.4) is 0 Å². The number of nitrogens with one attached hydrogen (secondary N) is 1. The number of amides is 2. The van der Waals surface area contributed by atoms with Crippen LogP contribution in [0, 0.1) is 12.8 Å². The number of hydrogen-bond acceptors (Lipinski definition) is 6. The van der Waals surface area contributed by atoms with Gasteiger partial charge in [0.05, 0.1) is 19.1 Å². The number of rotatable bonds is 6. The quantitative estimate of drug-likeness (QED) is 0.703. The minimum atomic E-state index is -0.620. The van der Waals surface area contributed by atoms with E-state index in [0.29, 0.717) is 62.4 Å². The van der Waals surface area contributed by atoms with Crippen molar-refractivity contribution in [3.05, 3.63) is 40.4 Å². The first-order chi connectivity index (χ1) is 15.4. The molecule has 1 aromatic heterocycles. The molecule has 0 aliphatic carbocycles. The second kappa shape index (κ2) is 9.87.